The summed E-state index contributed by atoms with van der Waals surface area (Å²) in [6.45, 7) is 8.70. The quantitative estimate of drug-likeness (QED) is 0.835. The summed E-state index contributed by atoms with van der Waals surface area (Å²) in [6, 6.07) is 10.6. The van der Waals surface area contributed by atoms with E-state index in [0.29, 0.717) is 12.0 Å². The molecule has 1 aliphatic heterocycles. The first-order chi connectivity index (χ1) is 10.1. The molecule has 0 spiro atoms. The van der Waals surface area contributed by atoms with Gasteiger partial charge in [-0.1, -0.05) is 44.2 Å². The number of nitrogens with zero attached hydrogens (tertiary/aromatic N) is 1. The summed E-state index contributed by atoms with van der Waals surface area (Å²) in [4.78, 5) is 2.38. The Bertz CT molecular complexity index is 385. The van der Waals surface area contributed by atoms with Gasteiger partial charge in [-0.25, -0.2) is 0 Å². The smallest absolute Gasteiger partial charge is 0.0952 e. The molecular formula is C18H30N2O. The van der Waals surface area contributed by atoms with Crippen molar-refractivity contribution in [1.29, 1.82) is 0 Å². The van der Waals surface area contributed by atoms with Gasteiger partial charge >= 0.3 is 0 Å². The molecule has 2 rings (SSSR count). The normalized spacial score (nSPS) is 19.0. The maximum Gasteiger partial charge on any atom is 0.0952 e. The maximum atomic E-state index is 6.42. The summed E-state index contributed by atoms with van der Waals surface area (Å²) in [5.41, 5.74) is 1.28. The Hall–Kier alpha value is -0.900. The van der Waals surface area contributed by atoms with Gasteiger partial charge in [-0.15, -0.1) is 0 Å². The van der Waals surface area contributed by atoms with Crippen molar-refractivity contribution >= 4 is 0 Å². The molecule has 1 heterocycles. The van der Waals surface area contributed by atoms with E-state index in [9.17, 15) is 0 Å². The fourth-order valence-electron chi connectivity index (χ4n) is 2.77. The number of nitrogens with one attached hydrogen (secondary N) is 1. The third-order valence-corrected chi connectivity index (χ3v) is 4.08. The van der Waals surface area contributed by atoms with Crippen LogP contribution < -0.4 is 5.32 Å². The lowest BCUT2D eigenvalue weighted by molar-refractivity contribution is -0.0404. The third-order valence-electron chi connectivity index (χ3n) is 4.08. The van der Waals surface area contributed by atoms with Gasteiger partial charge < -0.3 is 15.0 Å². The zero-order valence-corrected chi connectivity index (χ0v) is 13.7. The first kappa shape index (κ1) is 16.5. The Balaban J connectivity index is 1.91. The van der Waals surface area contributed by atoms with Crippen LogP contribution in [0, 0.1) is 5.92 Å². The van der Waals surface area contributed by atoms with Crippen molar-refractivity contribution in [2.45, 2.75) is 38.9 Å². The lowest BCUT2D eigenvalue weighted by Gasteiger charge is -2.32. The molecule has 3 heteroatoms. The first-order valence-corrected chi connectivity index (χ1v) is 8.25. The van der Waals surface area contributed by atoms with Crippen LogP contribution in [0.4, 0.5) is 0 Å². The first-order valence-electron chi connectivity index (χ1n) is 8.25. The zero-order chi connectivity index (χ0) is 15.1. The molecule has 118 valence electrons. The lowest BCUT2D eigenvalue weighted by atomic mass is 10.1. The molecule has 1 unspecified atom stereocenters. The molecule has 1 N–H and O–H groups in total. The minimum absolute atomic E-state index is 0.165. The number of hydrogen-bond donors (Lipinski definition) is 1. The van der Waals surface area contributed by atoms with E-state index in [4.69, 9.17) is 4.74 Å². The molecule has 1 fully saturated rings. The van der Waals surface area contributed by atoms with Gasteiger partial charge in [-0.3, -0.25) is 0 Å². The summed E-state index contributed by atoms with van der Waals surface area (Å²) in [6.07, 6.45) is 2.85. The second-order valence-electron chi connectivity index (χ2n) is 6.59. The average Bonchev–Trinajstić information content (AvgIpc) is 2.49. The van der Waals surface area contributed by atoms with Gasteiger partial charge in [0.2, 0.25) is 0 Å². The summed E-state index contributed by atoms with van der Waals surface area (Å²) in [5.74, 6) is 0.671. The highest BCUT2D eigenvalue weighted by molar-refractivity contribution is 5.18. The number of hydrogen-bond acceptors (Lipinski definition) is 3. The van der Waals surface area contributed by atoms with Gasteiger partial charge in [-0.05, 0) is 37.9 Å². The highest BCUT2D eigenvalue weighted by Gasteiger charge is 2.22. The molecule has 0 aliphatic carbocycles. The number of benzene rings is 1. The minimum Gasteiger partial charge on any atom is -0.369 e. The van der Waals surface area contributed by atoms with E-state index in [1.165, 1.54) is 5.56 Å². The van der Waals surface area contributed by atoms with Gasteiger partial charge in [0.1, 0.15) is 0 Å². The van der Waals surface area contributed by atoms with Crippen LogP contribution in [0.5, 0.6) is 0 Å². The Kier molecular flexibility index (Phi) is 6.68. The predicted molar refractivity (Wildman–Crippen MR) is 88.5 cm³/mol. The molecule has 0 bridgehead atoms. The molecule has 1 atom stereocenters. The molecule has 1 saturated heterocycles. The molecule has 21 heavy (non-hydrogen) atoms. The molecule has 1 aromatic rings. The second-order valence-corrected chi connectivity index (χ2v) is 6.59. The fourth-order valence-corrected chi connectivity index (χ4v) is 2.77. The fraction of sp³-hybridized carbons (Fsp3) is 0.667. The number of ether oxygens (including phenoxy) is 1. The molecule has 0 aromatic heterocycles. The Morgan fingerprint density at radius 1 is 1.14 bits per heavy atom. The van der Waals surface area contributed by atoms with Crippen molar-refractivity contribution in [2.24, 2.45) is 5.92 Å². The van der Waals surface area contributed by atoms with Gasteiger partial charge in [0.25, 0.3) is 0 Å². The summed E-state index contributed by atoms with van der Waals surface area (Å²) >= 11 is 0. The third kappa shape index (κ3) is 5.77. The van der Waals surface area contributed by atoms with Crippen molar-refractivity contribution in [1.82, 2.24) is 10.2 Å². The molecular weight excluding hydrogens is 260 g/mol. The Morgan fingerprint density at radius 2 is 1.81 bits per heavy atom. The van der Waals surface area contributed by atoms with Gasteiger partial charge in [0, 0.05) is 19.6 Å². The molecule has 1 aromatic carbocycles. The number of rotatable bonds is 7. The SMILES string of the molecule is CC(C)CNCC(OC1CCN(C)CC1)c1ccccc1. The second kappa shape index (κ2) is 8.52. The monoisotopic (exact) mass is 290 g/mol. The molecule has 0 amide bonds. The Labute approximate surface area is 129 Å². The lowest BCUT2D eigenvalue weighted by Crippen LogP contribution is -2.36. The number of piperidine rings is 1. The topological polar surface area (TPSA) is 24.5 Å². The highest BCUT2D eigenvalue weighted by atomic mass is 16.5. The van der Waals surface area contributed by atoms with Crippen LogP contribution in [0.3, 0.4) is 0 Å². The van der Waals surface area contributed by atoms with E-state index in [2.05, 4.69) is 61.4 Å². The summed E-state index contributed by atoms with van der Waals surface area (Å²) in [5, 5.41) is 3.55. The van der Waals surface area contributed by atoms with Crippen LogP contribution in [-0.4, -0.2) is 44.2 Å². The van der Waals surface area contributed by atoms with Crippen LogP contribution in [-0.2, 0) is 4.74 Å². The van der Waals surface area contributed by atoms with E-state index in [1.807, 2.05) is 0 Å². The average molecular weight is 290 g/mol. The van der Waals surface area contributed by atoms with Crippen molar-refractivity contribution < 1.29 is 4.74 Å². The Morgan fingerprint density at radius 3 is 2.43 bits per heavy atom. The summed E-state index contributed by atoms with van der Waals surface area (Å²) in [7, 11) is 2.19. The van der Waals surface area contributed by atoms with Crippen molar-refractivity contribution in [3.05, 3.63) is 35.9 Å². The van der Waals surface area contributed by atoms with Crippen LogP contribution in [0.1, 0.15) is 38.4 Å². The highest BCUT2D eigenvalue weighted by Crippen LogP contribution is 2.23. The van der Waals surface area contributed by atoms with E-state index in [0.717, 1.165) is 39.0 Å². The van der Waals surface area contributed by atoms with E-state index in [-0.39, 0.29) is 6.10 Å². The van der Waals surface area contributed by atoms with Crippen molar-refractivity contribution in [2.75, 3.05) is 33.2 Å². The molecule has 0 saturated carbocycles. The maximum absolute atomic E-state index is 6.42. The van der Waals surface area contributed by atoms with E-state index < -0.39 is 0 Å². The van der Waals surface area contributed by atoms with E-state index in [1.54, 1.807) is 0 Å². The van der Waals surface area contributed by atoms with Crippen LogP contribution >= 0.6 is 0 Å². The van der Waals surface area contributed by atoms with Crippen LogP contribution in [0.2, 0.25) is 0 Å². The minimum atomic E-state index is 0.165. The van der Waals surface area contributed by atoms with Crippen molar-refractivity contribution in [3.63, 3.8) is 0 Å². The van der Waals surface area contributed by atoms with Gasteiger partial charge in [0.15, 0.2) is 0 Å². The molecule has 1 aliphatic rings. The van der Waals surface area contributed by atoms with Crippen LogP contribution in [0.25, 0.3) is 0 Å². The van der Waals surface area contributed by atoms with Crippen LogP contribution in [0.15, 0.2) is 30.3 Å². The van der Waals surface area contributed by atoms with Crippen molar-refractivity contribution in [3.8, 4) is 0 Å². The van der Waals surface area contributed by atoms with Gasteiger partial charge in [-0.2, -0.15) is 0 Å². The molecule has 3 nitrogen and oxygen atoms in total. The van der Waals surface area contributed by atoms with Gasteiger partial charge in [0.05, 0.1) is 12.2 Å². The van der Waals surface area contributed by atoms with E-state index >= 15 is 0 Å². The predicted octanol–water partition coefficient (Wildman–Crippen LogP) is 3.08. The zero-order valence-electron chi connectivity index (χ0n) is 13.7. The standard InChI is InChI=1S/C18H30N2O/c1-15(2)13-19-14-18(16-7-5-4-6-8-16)21-17-9-11-20(3)12-10-17/h4-8,15,17-19H,9-14H2,1-3H3. The molecule has 0 radical (unpaired) electrons. The number of likely N-dealkylation sites (tertiary alicyclic amines) is 1. The largest absolute Gasteiger partial charge is 0.369 e. The summed E-state index contributed by atoms with van der Waals surface area (Å²) < 4.78 is 6.42.